The van der Waals surface area contributed by atoms with Crippen molar-refractivity contribution in [1.29, 1.82) is 0 Å². The number of hydrogen-bond donors (Lipinski definition) is 2. The van der Waals surface area contributed by atoms with Gasteiger partial charge in [-0.1, -0.05) is 30.3 Å². The fraction of sp³-hybridized carbons (Fsp3) is 0.350. The van der Waals surface area contributed by atoms with Gasteiger partial charge in [0.2, 0.25) is 5.91 Å². The highest BCUT2D eigenvalue weighted by Gasteiger charge is 2.12. The van der Waals surface area contributed by atoms with Gasteiger partial charge >= 0.3 is 0 Å². The van der Waals surface area contributed by atoms with Crippen LogP contribution in [0.3, 0.4) is 0 Å². The summed E-state index contributed by atoms with van der Waals surface area (Å²) in [5, 5.41) is 2.74. The third-order valence-electron chi connectivity index (χ3n) is 4.10. The van der Waals surface area contributed by atoms with Crippen LogP contribution in [0.25, 0.3) is 0 Å². The van der Waals surface area contributed by atoms with Crippen molar-refractivity contribution in [2.45, 2.75) is 39.3 Å². The van der Waals surface area contributed by atoms with E-state index in [0.29, 0.717) is 18.2 Å². The Hall–Kier alpha value is -2.40. The van der Waals surface area contributed by atoms with Crippen LogP contribution in [0, 0.1) is 5.82 Å². The Balaban J connectivity index is 1.81. The van der Waals surface area contributed by atoms with Gasteiger partial charge in [0, 0.05) is 19.0 Å². The van der Waals surface area contributed by atoms with Gasteiger partial charge in [-0.25, -0.2) is 4.39 Å². The Labute approximate surface area is 148 Å². The molecule has 5 heteroatoms. The molecule has 3 N–H and O–H groups in total. The zero-order chi connectivity index (χ0) is 18.2. The van der Waals surface area contributed by atoms with Gasteiger partial charge in [-0.15, -0.1) is 0 Å². The van der Waals surface area contributed by atoms with Crippen molar-refractivity contribution in [2.75, 3.05) is 17.6 Å². The van der Waals surface area contributed by atoms with Crippen LogP contribution in [0.5, 0.6) is 0 Å². The van der Waals surface area contributed by atoms with E-state index in [9.17, 15) is 9.18 Å². The quantitative estimate of drug-likeness (QED) is 0.711. The molecule has 0 saturated heterocycles. The number of nitrogens with zero attached hydrogens (tertiary/aromatic N) is 1. The second-order valence-corrected chi connectivity index (χ2v) is 6.43. The molecule has 0 heterocycles. The molecule has 2 aromatic carbocycles. The molecule has 0 atom stereocenters. The van der Waals surface area contributed by atoms with Crippen molar-refractivity contribution < 1.29 is 9.18 Å². The van der Waals surface area contributed by atoms with E-state index in [2.05, 4.69) is 36.2 Å². The summed E-state index contributed by atoms with van der Waals surface area (Å²) in [6, 6.07) is 14.7. The Kier molecular flexibility index (Phi) is 6.95. The summed E-state index contributed by atoms with van der Waals surface area (Å²) in [4.78, 5) is 14.4. The third kappa shape index (κ3) is 6.19. The number of hydrogen-bond acceptors (Lipinski definition) is 3. The first kappa shape index (κ1) is 18.9. The Morgan fingerprint density at radius 2 is 1.92 bits per heavy atom. The first-order valence-electron chi connectivity index (χ1n) is 8.58. The van der Waals surface area contributed by atoms with Crippen LogP contribution in [0.2, 0.25) is 0 Å². The molecular weight excluding hydrogens is 317 g/mol. The number of halogens is 1. The van der Waals surface area contributed by atoms with E-state index in [1.807, 2.05) is 18.2 Å². The van der Waals surface area contributed by atoms with Gasteiger partial charge < -0.3 is 11.1 Å². The van der Waals surface area contributed by atoms with E-state index in [1.165, 1.54) is 23.8 Å². The molecule has 25 heavy (non-hydrogen) atoms. The lowest BCUT2D eigenvalue weighted by atomic mass is 10.1. The molecule has 1 amide bonds. The van der Waals surface area contributed by atoms with Crippen molar-refractivity contribution in [2.24, 2.45) is 0 Å². The number of carbonyl (C=O) groups is 1. The van der Waals surface area contributed by atoms with Crippen LogP contribution < -0.4 is 11.1 Å². The fourth-order valence-electron chi connectivity index (χ4n) is 2.64. The normalized spacial score (nSPS) is 11.1. The second-order valence-electron chi connectivity index (χ2n) is 6.43. The Morgan fingerprint density at radius 3 is 2.56 bits per heavy atom. The minimum absolute atomic E-state index is 0.110. The molecule has 4 nitrogen and oxygen atoms in total. The number of anilines is 2. The predicted octanol–water partition coefficient (Wildman–Crippen LogP) is 4.04. The molecule has 2 rings (SSSR count). The van der Waals surface area contributed by atoms with Crippen molar-refractivity contribution in [3.05, 3.63) is 59.9 Å². The molecule has 0 radical (unpaired) electrons. The first-order chi connectivity index (χ1) is 12.0. The molecule has 0 fully saturated rings. The number of nitrogen functional groups attached to an aromatic ring is 1. The van der Waals surface area contributed by atoms with Gasteiger partial charge in [-0.05, 0) is 50.6 Å². The highest BCUT2D eigenvalue weighted by Crippen LogP contribution is 2.19. The molecule has 0 spiro atoms. The fourth-order valence-corrected chi connectivity index (χ4v) is 2.64. The molecule has 0 aliphatic heterocycles. The zero-order valence-electron chi connectivity index (χ0n) is 14.8. The Bertz CT molecular complexity index is 689. The average Bonchev–Trinajstić information content (AvgIpc) is 2.57. The lowest BCUT2D eigenvalue weighted by Gasteiger charge is -2.26. The largest absolute Gasteiger partial charge is 0.397 e. The molecule has 134 valence electrons. The van der Waals surface area contributed by atoms with Gasteiger partial charge in [0.25, 0.3) is 0 Å². The van der Waals surface area contributed by atoms with E-state index < -0.39 is 5.82 Å². The Morgan fingerprint density at radius 1 is 1.20 bits per heavy atom. The maximum absolute atomic E-state index is 13.0. The van der Waals surface area contributed by atoms with E-state index in [1.54, 1.807) is 0 Å². The van der Waals surface area contributed by atoms with E-state index in [-0.39, 0.29) is 11.6 Å². The van der Waals surface area contributed by atoms with E-state index >= 15 is 0 Å². The monoisotopic (exact) mass is 343 g/mol. The van der Waals surface area contributed by atoms with Gasteiger partial charge in [-0.3, -0.25) is 9.69 Å². The zero-order valence-corrected chi connectivity index (χ0v) is 14.8. The van der Waals surface area contributed by atoms with Crippen LogP contribution in [-0.4, -0.2) is 23.4 Å². The average molecular weight is 343 g/mol. The van der Waals surface area contributed by atoms with Crippen LogP contribution in [-0.2, 0) is 11.3 Å². The van der Waals surface area contributed by atoms with E-state index in [0.717, 1.165) is 19.5 Å². The summed E-state index contributed by atoms with van der Waals surface area (Å²) in [5.41, 5.74) is 7.67. The molecule has 0 aliphatic carbocycles. The SMILES string of the molecule is CC(C)N(CCCC(=O)Nc1ccc(F)cc1N)Cc1ccccc1. The van der Waals surface area contributed by atoms with Crippen molar-refractivity contribution in [3.8, 4) is 0 Å². The molecule has 0 unspecified atom stereocenters. The van der Waals surface area contributed by atoms with Crippen molar-refractivity contribution in [1.82, 2.24) is 4.90 Å². The number of carbonyl (C=O) groups excluding carboxylic acids is 1. The van der Waals surface area contributed by atoms with Crippen LogP contribution >= 0.6 is 0 Å². The van der Waals surface area contributed by atoms with Crippen molar-refractivity contribution in [3.63, 3.8) is 0 Å². The number of nitrogens with one attached hydrogen (secondary N) is 1. The minimum atomic E-state index is -0.413. The summed E-state index contributed by atoms with van der Waals surface area (Å²) >= 11 is 0. The maximum Gasteiger partial charge on any atom is 0.224 e. The standard InChI is InChI=1S/C20H26FN3O/c1-15(2)24(14-16-7-4-3-5-8-16)12-6-9-20(25)23-19-11-10-17(21)13-18(19)22/h3-5,7-8,10-11,13,15H,6,9,12,14,22H2,1-2H3,(H,23,25). The van der Waals surface area contributed by atoms with Crippen LogP contribution in [0.4, 0.5) is 15.8 Å². The third-order valence-corrected chi connectivity index (χ3v) is 4.10. The van der Waals surface area contributed by atoms with Gasteiger partial charge in [0.05, 0.1) is 11.4 Å². The van der Waals surface area contributed by atoms with Gasteiger partial charge in [0.1, 0.15) is 5.82 Å². The van der Waals surface area contributed by atoms with Crippen LogP contribution in [0.1, 0.15) is 32.3 Å². The molecule has 0 aliphatic rings. The molecule has 0 saturated carbocycles. The summed E-state index contributed by atoms with van der Waals surface area (Å²) in [6.45, 7) is 6.01. The van der Waals surface area contributed by atoms with Gasteiger partial charge in [-0.2, -0.15) is 0 Å². The number of rotatable bonds is 8. The number of amides is 1. The second kappa shape index (κ2) is 9.18. The lowest BCUT2D eigenvalue weighted by molar-refractivity contribution is -0.116. The number of nitrogens with two attached hydrogens (primary N) is 1. The maximum atomic E-state index is 13.0. The molecule has 2 aromatic rings. The molecule has 0 aromatic heterocycles. The minimum Gasteiger partial charge on any atom is -0.397 e. The highest BCUT2D eigenvalue weighted by molar-refractivity contribution is 5.93. The molecule has 0 bridgehead atoms. The molecular formula is C20H26FN3O. The van der Waals surface area contributed by atoms with Crippen LogP contribution in [0.15, 0.2) is 48.5 Å². The summed E-state index contributed by atoms with van der Waals surface area (Å²) < 4.78 is 13.0. The summed E-state index contributed by atoms with van der Waals surface area (Å²) in [5.74, 6) is -0.522. The first-order valence-corrected chi connectivity index (χ1v) is 8.58. The highest BCUT2D eigenvalue weighted by atomic mass is 19.1. The smallest absolute Gasteiger partial charge is 0.224 e. The topological polar surface area (TPSA) is 58.4 Å². The predicted molar refractivity (Wildman–Crippen MR) is 101 cm³/mol. The lowest BCUT2D eigenvalue weighted by Crippen LogP contribution is -2.31. The number of benzene rings is 2. The summed E-state index contributed by atoms with van der Waals surface area (Å²) in [7, 11) is 0. The van der Waals surface area contributed by atoms with Gasteiger partial charge in [0.15, 0.2) is 0 Å². The van der Waals surface area contributed by atoms with Crippen molar-refractivity contribution >= 4 is 17.3 Å². The van der Waals surface area contributed by atoms with E-state index in [4.69, 9.17) is 5.73 Å². The summed E-state index contributed by atoms with van der Waals surface area (Å²) in [6.07, 6.45) is 1.15.